The van der Waals surface area contributed by atoms with E-state index in [0.717, 1.165) is 11.1 Å². The van der Waals surface area contributed by atoms with E-state index in [1.807, 2.05) is 45.0 Å². The molecule has 5 heteroatoms. The second kappa shape index (κ2) is 10.2. The molecule has 0 heterocycles. The first kappa shape index (κ1) is 21.1. The van der Waals surface area contributed by atoms with Gasteiger partial charge in [0.1, 0.15) is 0 Å². The normalized spacial score (nSPS) is 10.9. The van der Waals surface area contributed by atoms with Gasteiger partial charge in [-0.15, -0.1) is 0 Å². The second-order valence-electron chi connectivity index (χ2n) is 7.00. The van der Waals surface area contributed by atoms with E-state index in [9.17, 15) is 14.4 Å². The number of rotatable bonds is 8. The summed E-state index contributed by atoms with van der Waals surface area (Å²) >= 11 is 0. The molecule has 1 N–H and O–H groups in total. The van der Waals surface area contributed by atoms with Crippen LogP contribution in [0.5, 0.6) is 0 Å². The minimum absolute atomic E-state index is 0.0663. The van der Waals surface area contributed by atoms with Crippen LogP contribution in [0.1, 0.15) is 41.8 Å². The lowest BCUT2D eigenvalue weighted by Gasteiger charge is -2.08. The molecule has 0 atom stereocenters. The smallest absolute Gasteiger partial charge is 0.331 e. The van der Waals surface area contributed by atoms with Gasteiger partial charge in [-0.1, -0.05) is 43.7 Å². The van der Waals surface area contributed by atoms with Crippen LogP contribution < -0.4 is 5.32 Å². The minimum Gasteiger partial charge on any atom is -0.454 e. The summed E-state index contributed by atoms with van der Waals surface area (Å²) in [6.45, 7) is 5.59. The number of anilines is 1. The Morgan fingerprint density at radius 2 is 1.64 bits per heavy atom. The van der Waals surface area contributed by atoms with E-state index in [-0.39, 0.29) is 24.2 Å². The molecular weight excluding hydrogens is 354 g/mol. The molecule has 0 saturated heterocycles. The monoisotopic (exact) mass is 379 g/mol. The van der Waals surface area contributed by atoms with Gasteiger partial charge >= 0.3 is 5.97 Å². The third-order valence-electron chi connectivity index (χ3n) is 3.92. The maximum absolute atomic E-state index is 12.2. The van der Waals surface area contributed by atoms with E-state index in [4.69, 9.17) is 4.74 Å². The largest absolute Gasteiger partial charge is 0.454 e. The Labute approximate surface area is 165 Å². The van der Waals surface area contributed by atoms with E-state index in [1.54, 1.807) is 30.3 Å². The summed E-state index contributed by atoms with van der Waals surface area (Å²) in [6, 6.07) is 14.2. The zero-order valence-corrected chi connectivity index (χ0v) is 16.4. The first-order valence-corrected chi connectivity index (χ1v) is 9.18. The Hall–Kier alpha value is -3.21. The number of nitrogens with one attached hydrogen (secondary N) is 1. The third kappa shape index (κ3) is 7.19. The van der Waals surface area contributed by atoms with Crippen LogP contribution in [0.4, 0.5) is 5.69 Å². The van der Waals surface area contributed by atoms with Crippen molar-refractivity contribution >= 4 is 29.4 Å². The molecule has 0 saturated carbocycles. The van der Waals surface area contributed by atoms with Crippen LogP contribution >= 0.6 is 0 Å². The highest BCUT2D eigenvalue weighted by Crippen LogP contribution is 2.12. The number of hydrogen-bond acceptors (Lipinski definition) is 4. The molecule has 0 fully saturated rings. The lowest BCUT2D eigenvalue weighted by molar-refractivity contribution is -0.136. The second-order valence-corrected chi connectivity index (χ2v) is 7.00. The molecule has 2 rings (SSSR count). The highest BCUT2D eigenvalue weighted by atomic mass is 16.5. The van der Waals surface area contributed by atoms with Gasteiger partial charge in [0.2, 0.25) is 5.91 Å². The number of esters is 1. The fraction of sp³-hybridized carbons (Fsp3) is 0.261. The molecule has 5 nitrogen and oxygen atoms in total. The van der Waals surface area contributed by atoms with Crippen molar-refractivity contribution in [1.82, 2.24) is 0 Å². The third-order valence-corrected chi connectivity index (χ3v) is 3.92. The Bertz CT molecular complexity index is 849. The standard InChI is InChI=1S/C23H25NO4/c1-16(2)14-22(26)24-20-11-9-19(10-12-20)21(25)15-28-23(27)13-8-18-6-4-17(3)5-7-18/h4-13,16H,14-15H2,1-3H3,(H,24,26)/b13-8+. The van der Waals surface area contributed by atoms with Crippen molar-refractivity contribution in [1.29, 1.82) is 0 Å². The fourth-order valence-corrected chi connectivity index (χ4v) is 2.43. The van der Waals surface area contributed by atoms with E-state index < -0.39 is 5.97 Å². The molecule has 146 valence electrons. The molecule has 0 radical (unpaired) electrons. The van der Waals surface area contributed by atoms with Crippen LogP contribution in [0.15, 0.2) is 54.6 Å². The molecular formula is C23H25NO4. The average molecular weight is 379 g/mol. The van der Waals surface area contributed by atoms with Crippen LogP contribution in [0.2, 0.25) is 0 Å². The molecule has 1 amide bonds. The maximum atomic E-state index is 12.2. The van der Waals surface area contributed by atoms with Crippen molar-refractivity contribution in [3.8, 4) is 0 Å². The Morgan fingerprint density at radius 3 is 2.25 bits per heavy atom. The molecule has 0 bridgehead atoms. The first-order chi connectivity index (χ1) is 13.3. The molecule has 0 aromatic heterocycles. The van der Waals surface area contributed by atoms with Crippen molar-refractivity contribution in [3.63, 3.8) is 0 Å². The first-order valence-electron chi connectivity index (χ1n) is 9.18. The number of ether oxygens (including phenoxy) is 1. The van der Waals surface area contributed by atoms with Gasteiger partial charge in [-0.05, 0) is 48.7 Å². The number of hydrogen-bond donors (Lipinski definition) is 1. The number of amides is 1. The number of carbonyl (C=O) groups excluding carboxylic acids is 3. The molecule has 2 aromatic carbocycles. The highest BCUT2D eigenvalue weighted by molar-refractivity contribution is 5.99. The van der Waals surface area contributed by atoms with Gasteiger partial charge in [0.15, 0.2) is 12.4 Å². The Balaban J connectivity index is 1.82. The molecule has 28 heavy (non-hydrogen) atoms. The summed E-state index contributed by atoms with van der Waals surface area (Å²) in [5.41, 5.74) is 3.05. The summed E-state index contributed by atoms with van der Waals surface area (Å²) in [4.78, 5) is 35.7. The van der Waals surface area contributed by atoms with Crippen LogP contribution in [0.3, 0.4) is 0 Å². The Morgan fingerprint density at radius 1 is 1.00 bits per heavy atom. The summed E-state index contributed by atoms with van der Waals surface area (Å²) in [5.74, 6) is -0.678. The van der Waals surface area contributed by atoms with E-state index in [2.05, 4.69) is 5.32 Å². The topological polar surface area (TPSA) is 72.5 Å². The molecule has 0 aliphatic heterocycles. The SMILES string of the molecule is Cc1ccc(/C=C/C(=O)OCC(=O)c2ccc(NC(=O)CC(C)C)cc2)cc1. The summed E-state index contributed by atoms with van der Waals surface area (Å²) < 4.78 is 5.00. The van der Waals surface area contributed by atoms with Crippen molar-refractivity contribution < 1.29 is 19.1 Å². The number of benzene rings is 2. The lowest BCUT2D eigenvalue weighted by Crippen LogP contribution is -2.14. The lowest BCUT2D eigenvalue weighted by atomic mass is 10.1. The molecule has 0 aliphatic carbocycles. The van der Waals surface area contributed by atoms with Crippen LogP contribution in [-0.4, -0.2) is 24.3 Å². The van der Waals surface area contributed by atoms with Crippen molar-refractivity contribution in [2.45, 2.75) is 27.2 Å². The van der Waals surface area contributed by atoms with Gasteiger partial charge in [-0.25, -0.2) is 4.79 Å². The minimum atomic E-state index is -0.577. The van der Waals surface area contributed by atoms with Crippen LogP contribution in [-0.2, 0) is 14.3 Å². The Kier molecular flexibility index (Phi) is 7.69. The summed E-state index contributed by atoms with van der Waals surface area (Å²) in [7, 11) is 0. The van der Waals surface area contributed by atoms with E-state index in [1.165, 1.54) is 6.08 Å². The van der Waals surface area contributed by atoms with Gasteiger partial charge < -0.3 is 10.1 Å². The molecule has 0 unspecified atom stereocenters. The fourth-order valence-electron chi connectivity index (χ4n) is 2.43. The highest BCUT2D eigenvalue weighted by Gasteiger charge is 2.10. The number of aryl methyl sites for hydroxylation is 1. The summed E-state index contributed by atoms with van der Waals surface area (Å²) in [5, 5.41) is 2.78. The summed E-state index contributed by atoms with van der Waals surface area (Å²) in [6.07, 6.45) is 3.37. The van der Waals surface area contributed by atoms with Crippen molar-refractivity contribution in [2.24, 2.45) is 5.92 Å². The van der Waals surface area contributed by atoms with Crippen LogP contribution in [0, 0.1) is 12.8 Å². The molecule has 2 aromatic rings. The van der Waals surface area contributed by atoms with Gasteiger partial charge in [0.25, 0.3) is 0 Å². The predicted molar refractivity (Wildman–Crippen MR) is 110 cm³/mol. The molecule has 0 spiro atoms. The van der Waals surface area contributed by atoms with Gasteiger partial charge in [-0.2, -0.15) is 0 Å². The molecule has 0 aliphatic rings. The van der Waals surface area contributed by atoms with Crippen molar-refractivity contribution in [2.75, 3.05) is 11.9 Å². The van der Waals surface area contributed by atoms with Gasteiger partial charge in [0, 0.05) is 23.7 Å². The van der Waals surface area contributed by atoms with Gasteiger partial charge in [0.05, 0.1) is 0 Å². The van der Waals surface area contributed by atoms with E-state index >= 15 is 0 Å². The predicted octanol–water partition coefficient (Wildman–Crippen LogP) is 4.42. The number of Topliss-reactive ketones (excluding diaryl/α,β-unsaturated/α-hetero) is 1. The van der Waals surface area contributed by atoms with Crippen molar-refractivity contribution in [3.05, 3.63) is 71.3 Å². The average Bonchev–Trinajstić information content (AvgIpc) is 2.65. The van der Waals surface area contributed by atoms with Gasteiger partial charge in [-0.3, -0.25) is 9.59 Å². The number of ketones is 1. The van der Waals surface area contributed by atoms with E-state index in [0.29, 0.717) is 17.7 Å². The van der Waals surface area contributed by atoms with Crippen LogP contribution in [0.25, 0.3) is 6.08 Å². The quantitative estimate of drug-likeness (QED) is 0.419. The maximum Gasteiger partial charge on any atom is 0.331 e. The number of carbonyl (C=O) groups is 3. The zero-order valence-electron chi connectivity index (χ0n) is 16.4. The zero-order chi connectivity index (χ0) is 20.5.